The number of imidazole rings is 1. The number of methoxy groups -OCH3 is 2. The Hall–Kier alpha value is -5.66. The minimum absolute atomic E-state index is 0.0401. The molecule has 4 aliphatic heterocycles. The molecule has 7 rings (SSSR count). The number of aromatic amines is 1. The standard InChI is InChI=1S/C44H55N7O7/c1-7-25(3)38(48-43(54)56-5)41(52)50-17-9-11-34(50)31-21-32(45-23-31)27-13-14-28-19-30-20-29(15-16-36(30)58-37(28)22-27)40-46-24-33(47-40)35-12-10-18-51(35)42(53)39(26(4)8-2)49-44(55)57-6/h13-16,20,22-26,34-35,38-39H,7-12,17-19,21H2,1-6H3,(H,46,47)(H,48,54)(H,49,55)/t25-,26-,34-,35-,38-,39-/m0/s1. The maximum atomic E-state index is 13.8. The van der Waals surface area contributed by atoms with E-state index in [0.29, 0.717) is 31.8 Å². The molecule has 0 aliphatic carbocycles. The van der Waals surface area contributed by atoms with Crippen LogP contribution in [0, 0.1) is 11.8 Å². The average Bonchev–Trinajstić information content (AvgIpc) is 4.09. The van der Waals surface area contributed by atoms with E-state index in [1.165, 1.54) is 14.2 Å². The monoisotopic (exact) mass is 793 g/mol. The molecular weight excluding hydrogens is 739 g/mol. The van der Waals surface area contributed by atoms with E-state index < -0.39 is 24.3 Å². The summed E-state index contributed by atoms with van der Waals surface area (Å²) < 4.78 is 16.1. The third-order valence-electron chi connectivity index (χ3n) is 12.4. The number of alkyl carbamates (subject to hydrolysis) is 2. The lowest BCUT2D eigenvalue weighted by molar-refractivity contribution is -0.136. The van der Waals surface area contributed by atoms with Gasteiger partial charge in [-0.1, -0.05) is 52.7 Å². The third-order valence-corrected chi connectivity index (χ3v) is 12.4. The minimum Gasteiger partial charge on any atom is -0.457 e. The molecule has 4 amide bonds. The van der Waals surface area contributed by atoms with Crippen LogP contribution in [-0.2, 0) is 25.5 Å². The molecule has 14 nitrogen and oxygen atoms in total. The van der Waals surface area contributed by atoms with E-state index in [1.54, 1.807) is 0 Å². The van der Waals surface area contributed by atoms with Gasteiger partial charge >= 0.3 is 12.2 Å². The van der Waals surface area contributed by atoms with Crippen LogP contribution < -0.4 is 15.4 Å². The first-order valence-electron chi connectivity index (χ1n) is 20.6. The molecule has 2 saturated heterocycles. The summed E-state index contributed by atoms with van der Waals surface area (Å²) in [4.78, 5) is 68.6. The van der Waals surface area contributed by atoms with Crippen molar-refractivity contribution < 1.29 is 33.4 Å². The largest absolute Gasteiger partial charge is 0.457 e. The minimum atomic E-state index is -0.674. The van der Waals surface area contributed by atoms with E-state index in [9.17, 15) is 19.2 Å². The number of hydrogen-bond acceptors (Lipinski definition) is 9. The number of H-pyrrole nitrogens is 1. The van der Waals surface area contributed by atoms with Crippen LogP contribution in [0.1, 0.15) is 101 Å². The second kappa shape index (κ2) is 17.5. The Labute approximate surface area is 339 Å². The van der Waals surface area contributed by atoms with Gasteiger partial charge < -0.3 is 39.6 Å². The molecule has 0 saturated carbocycles. The van der Waals surface area contributed by atoms with Crippen molar-refractivity contribution in [2.45, 2.75) is 103 Å². The molecule has 1 aromatic heterocycles. The van der Waals surface area contributed by atoms with Gasteiger partial charge in [-0.2, -0.15) is 0 Å². The predicted octanol–water partition coefficient (Wildman–Crippen LogP) is 7.05. The number of amides is 4. The van der Waals surface area contributed by atoms with Crippen LogP contribution in [0.25, 0.3) is 11.4 Å². The van der Waals surface area contributed by atoms with E-state index in [4.69, 9.17) is 24.2 Å². The number of aliphatic imine (C=N–C) groups is 1. The highest BCUT2D eigenvalue weighted by molar-refractivity contribution is 6.04. The van der Waals surface area contributed by atoms with Gasteiger partial charge in [0.2, 0.25) is 11.8 Å². The van der Waals surface area contributed by atoms with Crippen LogP contribution in [0.15, 0.2) is 59.4 Å². The molecule has 2 aromatic carbocycles. The number of carbonyl (C=O) groups excluding carboxylic acids is 4. The number of nitrogens with zero attached hydrogens (tertiary/aromatic N) is 4. The highest BCUT2D eigenvalue weighted by Crippen LogP contribution is 2.40. The Morgan fingerprint density at radius 3 is 2.07 bits per heavy atom. The van der Waals surface area contributed by atoms with Crippen LogP contribution >= 0.6 is 0 Å². The summed E-state index contributed by atoms with van der Waals surface area (Å²) in [5, 5.41) is 5.53. The van der Waals surface area contributed by atoms with Crippen molar-refractivity contribution in [3.63, 3.8) is 0 Å². The van der Waals surface area contributed by atoms with Gasteiger partial charge in [0, 0.05) is 43.3 Å². The lowest BCUT2D eigenvalue weighted by Gasteiger charge is -2.32. The van der Waals surface area contributed by atoms with E-state index in [2.05, 4.69) is 39.9 Å². The molecule has 3 aromatic rings. The fraction of sp³-hybridized carbons (Fsp3) is 0.500. The number of rotatable bonds is 12. The molecule has 0 radical (unpaired) electrons. The number of ether oxygens (including phenoxy) is 3. The van der Waals surface area contributed by atoms with Gasteiger partial charge in [-0.25, -0.2) is 14.6 Å². The maximum Gasteiger partial charge on any atom is 0.407 e. The molecular formula is C44H55N7O7. The first kappa shape index (κ1) is 40.5. The van der Waals surface area contributed by atoms with Gasteiger partial charge in [-0.15, -0.1) is 0 Å². The summed E-state index contributed by atoms with van der Waals surface area (Å²) in [6.45, 7) is 9.18. The average molecular weight is 794 g/mol. The van der Waals surface area contributed by atoms with Crippen LogP contribution in [0.3, 0.4) is 0 Å². The zero-order valence-corrected chi connectivity index (χ0v) is 34.3. The summed E-state index contributed by atoms with van der Waals surface area (Å²) in [7, 11) is 2.61. The SMILES string of the molecule is CC[C@H](C)[C@H](NC(=O)OC)C(=O)N1CCC[C@H]1C1=CN=C(c2ccc3c(c2)Oc2ccc(-c4ncc([C@@H]5CCCN5C(=O)[C@@H](NC(=O)OC)[C@@H](C)CC)[nH]4)cc2C3)C1. The van der Waals surface area contributed by atoms with Crippen molar-refractivity contribution in [3.8, 4) is 22.9 Å². The molecule has 6 atom stereocenters. The van der Waals surface area contributed by atoms with Crippen molar-refractivity contribution in [2.24, 2.45) is 16.8 Å². The smallest absolute Gasteiger partial charge is 0.407 e. The fourth-order valence-corrected chi connectivity index (χ4v) is 8.61. The maximum absolute atomic E-state index is 13.8. The van der Waals surface area contributed by atoms with Gasteiger partial charge in [0.15, 0.2) is 0 Å². The summed E-state index contributed by atoms with van der Waals surface area (Å²) in [6, 6.07) is 10.7. The van der Waals surface area contributed by atoms with Gasteiger partial charge in [-0.05, 0) is 78.5 Å². The normalized spacial score (nSPS) is 20.4. The first-order valence-corrected chi connectivity index (χ1v) is 20.6. The summed E-state index contributed by atoms with van der Waals surface area (Å²) >= 11 is 0. The topological polar surface area (TPSA) is 168 Å². The highest BCUT2D eigenvalue weighted by atomic mass is 16.5. The Balaban J connectivity index is 1.00. The van der Waals surface area contributed by atoms with E-state index >= 15 is 0 Å². The predicted molar refractivity (Wildman–Crippen MR) is 219 cm³/mol. The van der Waals surface area contributed by atoms with Crippen molar-refractivity contribution >= 4 is 29.7 Å². The number of likely N-dealkylation sites (tertiary alicyclic amines) is 2. The molecule has 0 unspecified atom stereocenters. The van der Waals surface area contributed by atoms with Crippen molar-refractivity contribution in [2.75, 3.05) is 27.3 Å². The van der Waals surface area contributed by atoms with Gasteiger partial charge in [0.1, 0.15) is 29.4 Å². The van der Waals surface area contributed by atoms with Crippen LogP contribution in [0.5, 0.6) is 11.5 Å². The zero-order valence-electron chi connectivity index (χ0n) is 34.3. The van der Waals surface area contributed by atoms with Gasteiger partial charge in [-0.3, -0.25) is 14.6 Å². The van der Waals surface area contributed by atoms with Crippen LogP contribution in [0.4, 0.5) is 9.59 Å². The number of carbonyl (C=O) groups is 4. The number of hydrogen-bond donors (Lipinski definition) is 3. The van der Waals surface area contributed by atoms with Crippen LogP contribution in [0.2, 0.25) is 0 Å². The molecule has 4 aliphatic rings. The molecule has 308 valence electrons. The Morgan fingerprint density at radius 2 is 1.43 bits per heavy atom. The first-order chi connectivity index (χ1) is 28.0. The molecule has 5 heterocycles. The van der Waals surface area contributed by atoms with Crippen molar-refractivity contribution in [3.05, 3.63) is 76.8 Å². The van der Waals surface area contributed by atoms with E-state index in [-0.39, 0.29) is 35.7 Å². The molecule has 14 heteroatoms. The number of fused-ring (bicyclic) bond motifs is 2. The molecule has 58 heavy (non-hydrogen) atoms. The van der Waals surface area contributed by atoms with Gasteiger partial charge in [0.05, 0.1) is 43.9 Å². The van der Waals surface area contributed by atoms with Crippen molar-refractivity contribution in [1.29, 1.82) is 0 Å². The lowest BCUT2D eigenvalue weighted by Crippen LogP contribution is -2.53. The van der Waals surface area contributed by atoms with Crippen LogP contribution in [-0.4, -0.2) is 94.9 Å². The zero-order chi connectivity index (χ0) is 41.1. The quantitative estimate of drug-likeness (QED) is 0.137. The van der Waals surface area contributed by atoms with Crippen molar-refractivity contribution in [1.82, 2.24) is 30.4 Å². The molecule has 0 spiro atoms. The Kier molecular flexibility index (Phi) is 12.2. The molecule has 3 N–H and O–H groups in total. The number of nitrogens with one attached hydrogen (secondary N) is 3. The lowest BCUT2D eigenvalue weighted by atomic mass is 9.93. The highest BCUT2D eigenvalue weighted by Gasteiger charge is 2.40. The second-order valence-electron chi connectivity index (χ2n) is 15.9. The molecule has 0 bridgehead atoms. The van der Waals surface area contributed by atoms with E-state index in [1.807, 2.05) is 62.0 Å². The van der Waals surface area contributed by atoms with Gasteiger partial charge in [0.25, 0.3) is 0 Å². The summed E-state index contributed by atoms with van der Waals surface area (Å²) in [6.07, 6.45) is 8.70. The molecule has 2 fully saturated rings. The third kappa shape index (κ3) is 8.19. The number of benzene rings is 2. The number of aromatic nitrogens is 2. The summed E-state index contributed by atoms with van der Waals surface area (Å²) in [5.41, 5.74) is 6.90. The van der Waals surface area contributed by atoms with E-state index in [0.717, 1.165) is 89.3 Å². The Morgan fingerprint density at radius 1 is 0.810 bits per heavy atom. The second-order valence-corrected chi connectivity index (χ2v) is 15.9. The Bertz CT molecular complexity index is 2110. The fourth-order valence-electron chi connectivity index (χ4n) is 8.61. The summed E-state index contributed by atoms with van der Waals surface area (Å²) in [5.74, 6) is 2.00.